The molecule has 0 aliphatic heterocycles. The van der Waals surface area contributed by atoms with Gasteiger partial charge in [-0.1, -0.05) is 6.92 Å². The number of esters is 2. The van der Waals surface area contributed by atoms with Gasteiger partial charge in [0.2, 0.25) is 5.75 Å². The maximum atomic E-state index is 12.8. The Morgan fingerprint density at radius 3 is 2.16 bits per heavy atom. The summed E-state index contributed by atoms with van der Waals surface area (Å²) in [6, 6.07) is 3.01. The molecule has 1 atom stereocenters. The fourth-order valence-electron chi connectivity index (χ4n) is 4.14. The summed E-state index contributed by atoms with van der Waals surface area (Å²) < 4.78 is 27.5. The van der Waals surface area contributed by atoms with Crippen LogP contribution in [0.2, 0.25) is 0 Å². The molecule has 0 bridgehead atoms. The third kappa shape index (κ3) is 6.94. The summed E-state index contributed by atoms with van der Waals surface area (Å²) in [4.78, 5) is 39.3. The van der Waals surface area contributed by atoms with Crippen LogP contribution in [0.25, 0.3) is 0 Å². The Bertz CT molecular complexity index is 1100. The number of rotatable bonds is 12. The number of thiophene rings is 1. The van der Waals surface area contributed by atoms with Crippen molar-refractivity contribution in [1.82, 2.24) is 0 Å². The van der Waals surface area contributed by atoms with Crippen LogP contribution in [0.5, 0.6) is 17.2 Å². The summed E-state index contributed by atoms with van der Waals surface area (Å²) in [5.74, 6) is -0.112. The van der Waals surface area contributed by atoms with Crippen LogP contribution in [-0.4, -0.2) is 50.9 Å². The average Bonchev–Trinajstić information content (AvgIpc) is 3.21. The zero-order valence-electron chi connectivity index (χ0n) is 22.1. The molecule has 0 fully saturated rings. The van der Waals surface area contributed by atoms with Crippen molar-refractivity contribution in [2.45, 2.75) is 53.9 Å². The second kappa shape index (κ2) is 13.3. The number of fused-ring (bicyclic) bond motifs is 1. The number of anilines is 1. The van der Waals surface area contributed by atoms with Gasteiger partial charge < -0.3 is 29.0 Å². The third-order valence-corrected chi connectivity index (χ3v) is 6.89. The molecule has 202 valence electrons. The highest BCUT2D eigenvalue weighted by atomic mass is 32.1. The molecule has 1 aromatic heterocycles. The Morgan fingerprint density at radius 2 is 1.57 bits per heavy atom. The van der Waals surface area contributed by atoms with Gasteiger partial charge in [-0.3, -0.25) is 4.79 Å². The highest BCUT2D eigenvalue weighted by Gasteiger charge is 2.29. The highest BCUT2D eigenvalue weighted by Crippen LogP contribution is 2.41. The standard InChI is InChI=1S/C27H35NO8S/c1-6-32-19-13-17(14-20(33-7-2)24(19)34-8-3)26(30)36-15-22(29)28-25-23(27(31)35-9-4)18-11-10-16(5)12-21(18)37-25/h13-14,16H,6-12,15H2,1-5H3,(H,28,29). The van der Waals surface area contributed by atoms with Crippen LogP contribution in [0.15, 0.2) is 12.1 Å². The minimum Gasteiger partial charge on any atom is -0.490 e. The summed E-state index contributed by atoms with van der Waals surface area (Å²) in [6.07, 6.45) is 2.57. The fraction of sp³-hybridized carbons (Fsp3) is 0.519. The monoisotopic (exact) mass is 533 g/mol. The lowest BCUT2D eigenvalue weighted by molar-refractivity contribution is -0.119. The van der Waals surface area contributed by atoms with Gasteiger partial charge in [-0.15, -0.1) is 11.3 Å². The van der Waals surface area contributed by atoms with E-state index in [1.165, 1.54) is 23.5 Å². The molecule has 10 heteroatoms. The van der Waals surface area contributed by atoms with Crippen molar-refractivity contribution >= 4 is 34.2 Å². The molecule has 1 unspecified atom stereocenters. The lowest BCUT2D eigenvalue weighted by Gasteiger charge is -2.18. The van der Waals surface area contributed by atoms with E-state index in [4.69, 9.17) is 23.7 Å². The van der Waals surface area contributed by atoms with E-state index in [0.717, 1.165) is 29.7 Å². The van der Waals surface area contributed by atoms with E-state index in [2.05, 4.69) is 12.2 Å². The minimum absolute atomic E-state index is 0.163. The van der Waals surface area contributed by atoms with Crippen LogP contribution in [0.1, 0.15) is 72.2 Å². The molecule has 0 radical (unpaired) electrons. The van der Waals surface area contributed by atoms with Crippen molar-refractivity contribution in [2.75, 3.05) is 38.4 Å². The van der Waals surface area contributed by atoms with E-state index >= 15 is 0 Å². The Labute approximate surface area is 221 Å². The molecule has 1 heterocycles. The van der Waals surface area contributed by atoms with Crippen molar-refractivity contribution in [3.63, 3.8) is 0 Å². The smallest absolute Gasteiger partial charge is 0.341 e. The topological polar surface area (TPSA) is 109 Å². The molecular formula is C27H35NO8S. The normalized spacial score (nSPS) is 14.4. The van der Waals surface area contributed by atoms with E-state index in [-0.39, 0.29) is 12.2 Å². The molecule has 1 aromatic carbocycles. The SMILES string of the molecule is CCOC(=O)c1c(NC(=O)COC(=O)c2cc(OCC)c(OCC)c(OCC)c2)sc2c1CCC(C)C2. The number of hydrogen-bond donors (Lipinski definition) is 1. The Hall–Kier alpha value is -3.27. The van der Waals surface area contributed by atoms with Crippen LogP contribution >= 0.6 is 11.3 Å². The van der Waals surface area contributed by atoms with E-state index in [9.17, 15) is 14.4 Å². The number of carbonyl (C=O) groups is 3. The summed E-state index contributed by atoms with van der Waals surface area (Å²) in [6.45, 7) is 10.2. The van der Waals surface area contributed by atoms with E-state index in [1.54, 1.807) is 6.92 Å². The van der Waals surface area contributed by atoms with Gasteiger partial charge in [0.1, 0.15) is 5.00 Å². The average molecular weight is 534 g/mol. The molecule has 37 heavy (non-hydrogen) atoms. The number of benzene rings is 1. The molecular weight excluding hydrogens is 498 g/mol. The largest absolute Gasteiger partial charge is 0.490 e. The van der Waals surface area contributed by atoms with Crippen molar-refractivity contribution in [3.05, 3.63) is 33.7 Å². The zero-order chi connectivity index (χ0) is 26.9. The van der Waals surface area contributed by atoms with Gasteiger partial charge in [-0.2, -0.15) is 0 Å². The quantitative estimate of drug-likeness (QED) is 0.378. The summed E-state index contributed by atoms with van der Waals surface area (Å²) >= 11 is 1.38. The second-order valence-corrected chi connectivity index (χ2v) is 9.61. The Balaban J connectivity index is 1.75. The number of amides is 1. The highest BCUT2D eigenvalue weighted by molar-refractivity contribution is 7.17. The predicted octanol–water partition coefficient (Wildman–Crippen LogP) is 5.04. The lowest BCUT2D eigenvalue weighted by atomic mass is 9.88. The van der Waals surface area contributed by atoms with Crippen LogP contribution in [0, 0.1) is 5.92 Å². The molecule has 3 rings (SSSR count). The van der Waals surface area contributed by atoms with Crippen molar-refractivity contribution in [1.29, 1.82) is 0 Å². The number of ether oxygens (including phenoxy) is 5. The Kier molecular flexibility index (Phi) is 10.2. The van der Waals surface area contributed by atoms with Crippen molar-refractivity contribution in [3.8, 4) is 17.2 Å². The first-order valence-electron chi connectivity index (χ1n) is 12.7. The lowest BCUT2D eigenvalue weighted by Crippen LogP contribution is -2.22. The molecule has 0 saturated carbocycles. The molecule has 2 aromatic rings. The summed E-state index contributed by atoms with van der Waals surface area (Å²) in [5.41, 5.74) is 1.51. The van der Waals surface area contributed by atoms with E-state index < -0.39 is 24.5 Å². The maximum absolute atomic E-state index is 12.8. The van der Waals surface area contributed by atoms with Gasteiger partial charge in [-0.25, -0.2) is 9.59 Å². The second-order valence-electron chi connectivity index (χ2n) is 8.50. The van der Waals surface area contributed by atoms with Crippen molar-refractivity contribution < 1.29 is 38.1 Å². The number of carbonyl (C=O) groups excluding carboxylic acids is 3. The summed E-state index contributed by atoms with van der Waals surface area (Å²) in [7, 11) is 0. The van der Waals surface area contributed by atoms with Gasteiger partial charge in [0.15, 0.2) is 18.1 Å². The third-order valence-electron chi connectivity index (χ3n) is 5.72. The molecule has 1 aliphatic rings. The summed E-state index contributed by atoms with van der Waals surface area (Å²) in [5, 5.41) is 3.18. The molecule has 1 amide bonds. The minimum atomic E-state index is -0.718. The van der Waals surface area contributed by atoms with Crippen LogP contribution in [-0.2, 0) is 27.1 Å². The van der Waals surface area contributed by atoms with Crippen LogP contribution < -0.4 is 19.5 Å². The van der Waals surface area contributed by atoms with E-state index in [1.807, 2.05) is 20.8 Å². The van der Waals surface area contributed by atoms with Gasteiger partial charge >= 0.3 is 11.9 Å². The van der Waals surface area contributed by atoms with Crippen LogP contribution in [0.4, 0.5) is 5.00 Å². The van der Waals surface area contributed by atoms with E-state index in [0.29, 0.717) is 53.6 Å². The van der Waals surface area contributed by atoms with Gasteiger partial charge in [0.25, 0.3) is 5.91 Å². The number of nitrogens with one attached hydrogen (secondary N) is 1. The number of hydrogen-bond acceptors (Lipinski definition) is 9. The first kappa shape index (κ1) is 28.3. The van der Waals surface area contributed by atoms with Gasteiger partial charge in [-0.05, 0) is 70.6 Å². The van der Waals surface area contributed by atoms with Crippen molar-refractivity contribution in [2.24, 2.45) is 5.92 Å². The zero-order valence-corrected chi connectivity index (χ0v) is 22.9. The van der Waals surface area contributed by atoms with Crippen LogP contribution in [0.3, 0.4) is 0 Å². The molecule has 1 N–H and O–H groups in total. The molecule has 0 saturated heterocycles. The van der Waals surface area contributed by atoms with Gasteiger partial charge in [0.05, 0.1) is 37.6 Å². The first-order chi connectivity index (χ1) is 17.8. The molecule has 9 nitrogen and oxygen atoms in total. The predicted molar refractivity (Wildman–Crippen MR) is 140 cm³/mol. The maximum Gasteiger partial charge on any atom is 0.341 e. The first-order valence-corrected chi connectivity index (χ1v) is 13.5. The fourth-order valence-corrected chi connectivity index (χ4v) is 5.56. The molecule has 1 aliphatic carbocycles. The Morgan fingerprint density at radius 1 is 0.919 bits per heavy atom. The van der Waals surface area contributed by atoms with Gasteiger partial charge in [0, 0.05) is 4.88 Å². The molecule has 0 spiro atoms.